The first-order chi connectivity index (χ1) is 47.7. The quantitative estimate of drug-likeness (QED) is 0.0584. The second-order valence-corrected chi connectivity index (χ2v) is 31.4. The Balaban J connectivity index is 0.594. The molecule has 27 heteroatoms. The third-order valence-electron chi connectivity index (χ3n) is 25.1. The van der Waals surface area contributed by atoms with Crippen LogP contribution in [0, 0.1) is 65.1 Å². The molecule has 0 aromatic heterocycles. The largest absolute Gasteiger partial charge is 0.394 e. The first-order valence-corrected chi connectivity index (χ1v) is 38.2. The smallest absolute Gasteiger partial charge is 0.225 e. The predicted molar refractivity (Wildman–Crippen MR) is 360 cm³/mol. The highest BCUT2D eigenvalue weighted by Crippen LogP contribution is 2.38. The standard InChI is InChI=1S/C72H111N13O14/c1-37(87)74-51-25-3-14-40(51)64(91)79-55-29-7-18-44(55)68(95)82-57-31-9-20-46(57)67(94)78-53-27-5-16-42(53)63(90)75-38(36-86)35-61(88)76-52-26-4-15-41(52)65(92)80-56-30-8-19-45(56)69(96)83-59-33-11-22-48(59)71(98)85-60-34-12-23-49(60)72(99)84-58-32-10-21-47(58)70(97)81-54-28-6-17-43(54)66(93)77-50-24-2-13-39(50)62(73)89/h38-60,86H,2-36H2,1H3,(H2,73,89)(H,74,87)(H,75,90)(H,76,88)(H,77,93)(H,78,94)(H,79,91)(H,80,92)(H,81,97)(H,82,95)(H,83,96)(H,84,99)(H,85,98)/t38-,39+,40+,41+,42+,43+,44+,45+,46+,47+,48+,49+,50+,51+,52+,53+,54+,55+,56+,57+,58+,59+,60+/m1/s1. The Kier molecular flexibility index (Phi) is 24.9. The van der Waals surface area contributed by atoms with E-state index in [0.29, 0.717) is 154 Å². The van der Waals surface area contributed by atoms with Gasteiger partial charge < -0.3 is 74.6 Å². The summed E-state index contributed by atoms with van der Waals surface area (Å²) in [4.78, 5) is 176. The van der Waals surface area contributed by atoms with Gasteiger partial charge >= 0.3 is 0 Å². The first kappa shape index (κ1) is 73.3. The van der Waals surface area contributed by atoms with E-state index in [1.165, 1.54) is 6.92 Å². The van der Waals surface area contributed by atoms with E-state index in [1.54, 1.807) is 0 Å². The lowest BCUT2D eigenvalue weighted by molar-refractivity contribution is -0.133. The van der Waals surface area contributed by atoms with Crippen molar-refractivity contribution >= 4 is 76.8 Å². The summed E-state index contributed by atoms with van der Waals surface area (Å²) in [6.45, 7) is 0.920. The number of hydrogen-bond acceptors (Lipinski definition) is 14. The summed E-state index contributed by atoms with van der Waals surface area (Å²) in [7, 11) is 0. The molecule has 27 nitrogen and oxygen atoms in total. The average Bonchev–Trinajstić information content (AvgIpc) is 1.70. The molecule has 0 spiro atoms. The lowest BCUT2D eigenvalue weighted by Gasteiger charge is -2.29. The van der Waals surface area contributed by atoms with Crippen LogP contribution in [0.5, 0.6) is 0 Å². The van der Waals surface area contributed by atoms with Gasteiger partial charge in [-0.2, -0.15) is 0 Å². The van der Waals surface area contributed by atoms with Crippen LogP contribution in [0.15, 0.2) is 0 Å². The SMILES string of the molecule is CC(=O)N[C@H]1CCC[C@@H]1C(=O)N[C@H]1CCC[C@@H]1C(=O)N[C@H]1CCC[C@@H]1C(=O)N[C@H]1CCC[C@@H]1C(=O)N[C@@H](CO)CC(=O)N[C@H]1CCC[C@@H]1C(=O)N[C@H]1CCC[C@@H]1C(=O)N[C@H]1CCC[C@@H]1C(=O)N[C@H]1CCC[C@@H]1C(=O)N[C@H]1CCC[C@@H]1C(=O)N[C@H]1CCC[C@@H]1C(=O)N[C@H]1CCC[C@@H]1C(N)=O. The summed E-state index contributed by atoms with van der Waals surface area (Å²) in [5.74, 6) is -8.55. The number of aliphatic hydroxyl groups is 1. The maximum absolute atomic E-state index is 14.2. The molecular formula is C72H111N13O14. The lowest BCUT2D eigenvalue weighted by Crippen LogP contribution is -2.54. The molecule has 11 aliphatic carbocycles. The number of aliphatic hydroxyl groups excluding tert-OH is 1. The Morgan fingerprint density at radius 3 is 0.657 bits per heavy atom. The van der Waals surface area contributed by atoms with Crippen LogP contribution in [0.2, 0.25) is 0 Å². The third kappa shape index (κ3) is 17.9. The maximum atomic E-state index is 14.2. The second-order valence-electron chi connectivity index (χ2n) is 31.4. The van der Waals surface area contributed by atoms with Gasteiger partial charge in [0.1, 0.15) is 0 Å². The highest BCUT2D eigenvalue weighted by molar-refractivity contribution is 5.90. The van der Waals surface area contributed by atoms with Crippen LogP contribution < -0.4 is 69.5 Å². The molecule has 11 fully saturated rings. The Labute approximate surface area is 580 Å². The molecule has 548 valence electrons. The Hall–Kier alpha value is -6.93. The molecule has 11 saturated carbocycles. The summed E-state index contributed by atoms with van der Waals surface area (Å²) >= 11 is 0. The topological polar surface area (TPSA) is 413 Å². The zero-order chi connectivity index (χ0) is 70.0. The van der Waals surface area contributed by atoms with E-state index < -0.39 is 126 Å². The third-order valence-corrected chi connectivity index (χ3v) is 25.1. The summed E-state index contributed by atoms with van der Waals surface area (Å²) < 4.78 is 0. The molecule has 0 aromatic rings. The lowest BCUT2D eigenvalue weighted by atomic mass is 9.95. The minimum Gasteiger partial charge on any atom is -0.394 e. The molecule has 23 atom stereocenters. The molecule has 0 unspecified atom stereocenters. The van der Waals surface area contributed by atoms with Crippen LogP contribution >= 0.6 is 0 Å². The van der Waals surface area contributed by atoms with Gasteiger partial charge in [-0.1, -0.05) is 70.6 Å². The number of amides is 13. The van der Waals surface area contributed by atoms with Gasteiger partial charge in [0.15, 0.2) is 0 Å². The molecule has 13 amide bonds. The van der Waals surface area contributed by atoms with E-state index in [9.17, 15) is 67.4 Å². The van der Waals surface area contributed by atoms with Gasteiger partial charge in [-0.15, -0.1) is 0 Å². The zero-order valence-electron chi connectivity index (χ0n) is 57.9. The van der Waals surface area contributed by atoms with Crippen LogP contribution in [-0.4, -0.2) is 161 Å². The minimum atomic E-state index is -0.935. The van der Waals surface area contributed by atoms with Crippen molar-refractivity contribution in [1.82, 2.24) is 63.8 Å². The van der Waals surface area contributed by atoms with Crippen LogP contribution in [-0.2, 0) is 62.3 Å². The van der Waals surface area contributed by atoms with Crippen molar-refractivity contribution in [3.05, 3.63) is 0 Å². The predicted octanol–water partition coefficient (Wildman–Crippen LogP) is 1.49. The molecule has 0 radical (unpaired) electrons. The van der Waals surface area contributed by atoms with Gasteiger partial charge in [0.2, 0.25) is 76.8 Å². The van der Waals surface area contributed by atoms with Crippen molar-refractivity contribution in [2.75, 3.05) is 6.61 Å². The van der Waals surface area contributed by atoms with Gasteiger partial charge in [-0.25, -0.2) is 0 Å². The van der Waals surface area contributed by atoms with E-state index in [1.807, 2.05) is 0 Å². The summed E-state index contributed by atoms with van der Waals surface area (Å²) in [5.41, 5.74) is 5.61. The second kappa shape index (κ2) is 33.7. The van der Waals surface area contributed by atoms with E-state index in [0.717, 1.165) is 57.8 Å². The number of primary amides is 1. The van der Waals surface area contributed by atoms with E-state index in [4.69, 9.17) is 5.73 Å². The summed E-state index contributed by atoms with van der Waals surface area (Å²) in [5, 5.41) is 47.5. The fourth-order valence-corrected chi connectivity index (χ4v) is 19.8. The number of nitrogens with two attached hydrogens (primary N) is 1. The molecule has 15 N–H and O–H groups in total. The Bertz CT molecular complexity index is 3010. The van der Waals surface area contributed by atoms with Crippen LogP contribution in [0.1, 0.15) is 225 Å². The molecule has 0 bridgehead atoms. The highest BCUT2D eigenvalue weighted by atomic mass is 16.3. The number of hydrogen-bond donors (Lipinski definition) is 14. The van der Waals surface area contributed by atoms with Crippen molar-refractivity contribution in [1.29, 1.82) is 0 Å². The normalized spacial score (nSPS) is 36.5. The van der Waals surface area contributed by atoms with Gasteiger partial charge in [0, 0.05) is 79.8 Å². The van der Waals surface area contributed by atoms with Crippen molar-refractivity contribution in [3.8, 4) is 0 Å². The van der Waals surface area contributed by atoms with Crippen molar-refractivity contribution in [3.63, 3.8) is 0 Å². The van der Waals surface area contributed by atoms with Crippen LogP contribution in [0.3, 0.4) is 0 Å². The van der Waals surface area contributed by atoms with E-state index >= 15 is 0 Å². The summed E-state index contributed by atoms with van der Waals surface area (Å²) in [6, 6.07) is -5.26. The van der Waals surface area contributed by atoms with Crippen LogP contribution in [0.25, 0.3) is 0 Å². The molecule has 0 aliphatic heterocycles. The molecular weight excluding hydrogens is 1270 g/mol. The number of carbonyl (C=O) groups excluding carboxylic acids is 13. The molecule has 0 saturated heterocycles. The van der Waals surface area contributed by atoms with Gasteiger partial charge in [-0.05, 0) is 141 Å². The number of rotatable bonds is 26. The maximum Gasteiger partial charge on any atom is 0.225 e. The van der Waals surface area contributed by atoms with Crippen molar-refractivity contribution < 1.29 is 67.4 Å². The molecule has 11 rings (SSSR count). The van der Waals surface area contributed by atoms with Gasteiger partial charge in [0.05, 0.1) is 77.7 Å². The fourth-order valence-electron chi connectivity index (χ4n) is 19.8. The minimum absolute atomic E-state index is 0.147. The number of nitrogens with one attached hydrogen (secondary N) is 12. The highest BCUT2D eigenvalue weighted by Gasteiger charge is 2.48. The van der Waals surface area contributed by atoms with Crippen molar-refractivity contribution in [2.45, 2.75) is 298 Å². The summed E-state index contributed by atoms with van der Waals surface area (Å²) in [6.07, 6.45) is 21.3. The van der Waals surface area contributed by atoms with Crippen LogP contribution in [0.4, 0.5) is 0 Å². The monoisotopic (exact) mass is 1380 g/mol. The zero-order valence-corrected chi connectivity index (χ0v) is 57.9. The van der Waals surface area contributed by atoms with Crippen molar-refractivity contribution in [2.24, 2.45) is 70.8 Å². The molecule has 99 heavy (non-hydrogen) atoms. The Morgan fingerprint density at radius 2 is 0.455 bits per heavy atom. The van der Waals surface area contributed by atoms with E-state index in [-0.39, 0.29) is 102 Å². The van der Waals surface area contributed by atoms with Gasteiger partial charge in [0.25, 0.3) is 0 Å². The number of carbonyl (C=O) groups is 13. The van der Waals surface area contributed by atoms with Gasteiger partial charge in [-0.3, -0.25) is 62.3 Å². The average molecular weight is 1380 g/mol. The first-order valence-electron chi connectivity index (χ1n) is 38.2. The molecule has 0 heterocycles. The van der Waals surface area contributed by atoms with E-state index in [2.05, 4.69) is 63.8 Å². The molecule has 0 aromatic carbocycles. The Morgan fingerprint density at radius 1 is 0.273 bits per heavy atom. The molecule has 11 aliphatic rings. The fraction of sp³-hybridized carbons (Fsp3) is 0.819.